The zero-order valence-corrected chi connectivity index (χ0v) is 31.5. The van der Waals surface area contributed by atoms with E-state index in [1.165, 1.54) is 0 Å². The van der Waals surface area contributed by atoms with Crippen molar-refractivity contribution in [2.75, 3.05) is 65.8 Å². The third kappa shape index (κ3) is 8.70. The normalized spacial score (nSPS) is 18.1. The second-order valence-corrected chi connectivity index (χ2v) is 14.0. The number of benzene rings is 4. The molecule has 13 heteroatoms. The van der Waals surface area contributed by atoms with Crippen molar-refractivity contribution in [2.24, 2.45) is 0 Å². The van der Waals surface area contributed by atoms with Crippen LogP contribution in [0, 0.1) is 0 Å². The topological polar surface area (TPSA) is 143 Å². The fraction of sp³-hybridized carbons (Fsp3) is 0.318. The largest absolute Gasteiger partial charge is 0.378 e. The highest BCUT2D eigenvalue weighted by molar-refractivity contribution is 6.23. The van der Waals surface area contributed by atoms with Gasteiger partial charge in [0.25, 0.3) is 23.6 Å². The third-order valence-corrected chi connectivity index (χ3v) is 10.4. The highest BCUT2D eigenvalue weighted by Gasteiger charge is 2.45. The van der Waals surface area contributed by atoms with Crippen LogP contribution in [0.3, 0.4) is 0 Å². The predicted octanol–water partition coefficient (Wildman–Crippen LogP) is 3.52. The Morgan fingerprint density at radius 3 is 1.02 bits per heavy atom. The molecule has 4 aromatic rings. The quantitative estimate of drug-likeness (QED) is 0.246. The Hall–Kier alpha value is -6.02. The first kappa shape index (κ1) is 39.2. The van der Waals surface area contributed by atoms with E-state index in [4.69, 9.17) is 14.2 Å². The fourth-order valence-electron chi connectivity index (χ4n) is 7.44. The summed E-state index contributed by atoms with van der Waals surface area (Å²) in [4.78, 5) is 88.8. The summed E-state index contributed by atoms with van der Waals surface area (Å²) < 4.78 is 17.7. The summed E-state index contributed by atoms with van der Waals surface area (Å²) in [6.07, 6.45) is 0.233. The van der Waals surface area contributed by atoms with Crippen LogP contribution in [0.2, 0.25) is 0 Å². The van der Waals surface area contributed by atoms with E-state index < -0.39 is 47.5 Å². The molecule has 0 spiro atoms. The maximum atomic E-state index is 14.5. The minimum Gasteiger partial charge on any atom is -0.378 e. The SMILES string of the molecule is O=C([C@H](Cc1ccccc1)N1C(=O)c2ccccc2C1=O)N1CCOCCOCCN(C(=O)[C@H](Cc2ccccc2)N2C(=O)c3ccccc3C2=O)CCOCC1. The lowest BCUT2D eigenvalue weighted by molar-refractivity contribution is -0.137. The molecule has 7 rings (SSSR count). The smallest absolute Gasteiger partial charge is 0.262 e. The van der Waals surface area contributed by atoms with Crippen molar-refractivity contribution in [2.45, 2.75) is 24.9 Å². The van der Waals surface area contributed by atoms with Crippen LogP contribution in [0.5, 0.6) is 0 Å². The molecule has 3 heterocycles. The summed E-state index contributed by atoms with van der Waals surface area (Å²) in [6.45, 7) is 1.49. The molecule has 0 radical (unpaired) electrons. The Bertz CT molecular complexity index is 1890. The molecular formula is C44H44N4O9. The molecule has 1 saturated heterocycles. The number of carbonyl (C=O) groups is 6. The van der Waals surface area contributed by atoms with E-state index in [1.807, 2.05) is 60.7 Å². The van der Waals surface area contributed by atoms with Gasteiger partial charge < -0.3 is 24.0 Å². The average Bonchev–Trinajstić information content (AvgIpc) is 3.64. The molecule has 1 fully saturated rings. The van der Waals surface area contributed by atoms with Crippen LogP contribution in [0.15, 0.2) is 109 Å². The van der Waals surface area contributed by atoms with Gasteiger partial charge in [0.2, 0.25) is 11.8 Å². The van der Waals surface area contributed by atoms with Gasteiger partial charge in [-0.15, -0.1) is 0 Å². The van der Waals surface area contributed by atoms with Gasteiger partial charge in [0.15, 0.2) is 0 Å². The first-order valence-corrected chi connectivity index (χ1v) is 19.2. The second kappa shape index (κ2) is 18.3. The van der Waals surface area contributed by atoms with Gasteiger partial charge in [-0.2, -0.15) is 0 Å². The van der Waals surface area contributed by atoms with E-state index in [-0.39, 0.29) is 101 Å². The first-order valence-electron chi connectivity index (χ1n) is 19.2. The molecule has 3 aliphatic heterocycles. The van der Waals surface area contributed by atoms with Gasteiger partial charge in [0.1, 0.15) is 12.1 Å². The van der Waals surface area contributed by atoms with E-state index in [0.717, 1.165) is 20.9 Å². The highest BCUT2D eigenvalue weighted by Crippen LogP contribution is 2.28. The number of hydrogen-bond donors (Lipinski definition) is 0. The Morgan fingerprint density at radius 2 is 0.702 bits per heavy atom. The molecule has 0 aromatic heterocycles. The average molecular weight is 773 g/mol. The zero-order valence-electron chi connectivity index (χ0n) is 31.5. The Kier molecular flexibility index (Phi) is 12.6. The molecule has 13 nitrogen and oxygen atoms in total. The minimum absolute atomic E-state index is 0.0797. The van der Waals surface area contributed by atoms with Crippen LogP contribution in [0.4, 0.5) is 0 Å². The molecule has 2 atom stereocenters. The fourth-order valence-corrected chi connectivity index (χ4v) is 7.44. The Morgan fingerprint density at radius 1 is 0.421 bits per heavy atom. The van der Waals surface area contributed by atoms with Crippen LogP contribution in [-0.2, 0) is 36.6 Å². The predicted molar refractivity (Wildman–Crippen MR) is 207 cm³/mol. The number of rotatable bonds is 8. The van der Waals surface area contributed by atoms with Gasteiger partial charge >= 0.3 is 0 Å². The number of nitrogens with zero attached hydrogens (tertiary/aromatic N) is 4. The van der Waals surface area contributed by atoms with E-state index in [0.29, 0.717) is 0 Å². The lowest BCUT2D eigenvalue weighted by Gasteiger charge is -2.32. The summed E-state index contributed by atoms with van der Waals surface area (Å²) >= 11 is 0. The van der Waals surface area contributed by atoms with Crippen molar-refractivity contribution in [3.8, 4) is 0 Å². The van der Waals surface area contributed by atoms with Crippen LogP contribution < -0.4 is 0 Å². The Balaban J connectivity index is 1.08. The number of fused-ring (bicyclic) bond motifs is 2. The summed E-state index contributed by atoms with van der Waals surface area (Å²) in [5.74, 6) is -2.95. The van der Waals surface area contributed by atoms with Crippen molar-refractivity contribution >= 4 is 35.4 Å². The van der Waals surface area contributed by atoms with E-state index in [1.54, 1.807) is 58.3 Å². The molecule has 6 amide bonds. The molecule has 0 aliphatic carbocycles. The highest BCUT2D eigenvalue weighted by atomic mass is 16.5. The second-order valence-electron chi connectivity index (χ2n) is 14.0. The van der Waals surface area contributed by atoms with E-state index >= 15 is 0 Å². The first-order chi connectivity index (χ1) is 27.8. The van der Waals surface area contributed by atoms with Gasteiger partial charge in [-0.1, -0.05) is 84.9 Å². The number of amides is 6. The molecule has 3 aliphatic rings. The van der Waals surface area contributed by atoms with E-state index in [2.05, 4.69) is 0 Å². The minimum atomic E-state index is -1.12. The number of hydrogen-bond acceptors (Lipinski definition) is 9. The molecular weight excluding hydrogens is 729 g/mol. The van der Waals surface area contributed by atoms with Crippen molar-refractivity contribution < 1.29 is 43.0 Å². The van der Waals surface area contributed by atoms with Crippen LogP contribution >= 0.6 is 0 Å². The molecule has 294 valence electrons. The number of ether oxygens (including phenoxy) is 3. The van der Waals surface area contributed by atoms with Gasteiger partial charge in [0.05, 0.1) is 61.9 Å². The zero-order chi connectivity index (χ0) is 39.7. The van der Waals surface area contributed by atoms with Gasteiger partial charge in [-0.3, -0.25) is 38.6 Å². The van der Waals surface area contributed by atoms with Crippen molar-refractivity contribution in [1.29, 1.82) is 0 Å². The molecule has 0 saturated carbocycles. The van der Waals surface area contributed by atoms with Crippen molar-refractivity contribution in [3.05, 3.63) is 143 Å². The third-order valence-electron chi connectivity index (χ3n) is 10.4. The maximum absolute atomic E-state index is 14.5. The van der Waals surface area contributed by atoms with Gasteiger partial charge in [-0.05, 0) is 35.4 Å². The number of imide groups is 2. The lowest BCUT2D eigenvalue weighted by atomic mass is 10.0. The van der Waals surface area contributed by atoms with Gasteiger partial charge in [-0.25, -0.2) is 0 Å². The molecule has 57 heavy (non-hydrogen) atoms. The van der Waals surface area contributed by atoms with Crippen LogP contribution in [0.25, 0.3) is 0 Å². The van der Waals surface area contributed by atoms with Crippen molar-refractivity contribution in [1.82, 2.24) is 19.6 Å². The molecule has 0 unspecified atom stereocenters. The molecule has 4 aromatic carbocycles. The maximum Gasteiger partial charge on any atom is 0.262 e. The van der Waals surface area contributed by atoms with Crippen LogP contribution in [-0.4, -0.2) is 133 Å². The Labute approximate surface area is 330 Å². The van der Waals surface area contributed by atoms with Crippen molar-refractivity contribution in [3.63, 3.8) is 0 Å². The number of carbonyl (C=O) groups excluding carboxylic acids is 6. The van der Waals surface area contributed by atoms with E-state index in [9.17, 15) is 28.8 Å². The monoisotopic (exact) mass is 772 g/mol. The van der Waals surface area contributed by atoms with Gasteiger partial charge in [0, 0.05) is 39.0 Å². The van der Waals surface area contributed by atoms with Crippen LogP contribution in [0.1, 0.15) is 52.6 Å². The summed E-state index contributed by atoms with van der Waals surface area (Å²) in [5, 5.41) is 0. The summed E-state index contributed by atoms with van der Waals surface area (Å²) in [5.41, 5.74) is 2.59. The summed E-state index contributed by atoms with van der Waals surface area (Å²) in [6, 6.07) is 29.3. The molecule has 0 bridgehead atoms. The standard InChI is InChI=1S/C44H44N4O9/c49-39-33-15-7-8-16-34(33)40(50)47(39)37(29-31-11-3-1-4-12-31)43(53)45-19-23-55-24-20-46(22-26-57-28-27-56-25-21-45)44(54)38(30-32-13-5-2-6-14-32)48-41(51)35-17-9-10-18-36(35)42(48)52/h1-18,37-38H,19-30H2/t37-,38-/m0/s1. The lowest BCUT2D eigenvalue weighted by Crippen LogP contribution is -2.53. The summed E-state index contributed by atoms with van der Waals surface area (Å²) in [7, 11) is 0. The molecule has 0 N–H and O–H groups in total.